The number of rotatable bonds is 4. The molecule has 20 heavy (non-hydrogen) atoms. The molecule has 2 unspecified atom stereocenters. The molecule has 0 saturated carbocycles. The first-order chi connectivity index (χ1) is 9.70. The monoisotopic (exact) mass is 274 g/mol. The van der Waals surface area contributed by atoms with Crippen molar-refractivity contribution in [1.29, 1.82) is 0 Å². The Bertz CT molecular complexity index is 522. The first-order valence-corrected chi connectivity index (χ1v) is 7.03. The van der Waals surface area contributed by atoms with Gasteiger partial charge in [0, 0.05) is 6.54 Å². The Balaban J connectivity index is 1.88. The van der Waals surface area contributed by atoms with E-state index in [9.17, 15) is 9.59 Å². The van der Waals surface area contributed by atoms with Crippen LogP contribution in [0.4, 0.5) is 5.69 Å². The summed E-state index contributed by atoms with van der Waals surface area (Å²) in [5, 5.41) is 3.23. The Labute approximate surface area is 117 Å². The van der Waals surface area contributed by atoms with Gasteiger partial charge in [0.25, 0.3) is 11.8 Å². The molecule has 106 valence electrons. The predicted molar refractivity (Wildman–Crippen MR) is 74.2 cm³/mol. The quantitative estimate of drug-likeness (QED) is 0.839. The Morgan fingerprint density at radius 3 is 2.60 bits per heavy atom. The first kappa shape index (κ1) is 13.3. The summed E-state index contributed by atoms with van der Waals surface area (Å²) in [6.07, 6.45) is 0.385. The van der Waals surface area contributed by atoms with Gasteiger partial charge in [-0.15, -0.1) is 0 Å². The topological polar surface area (TPSA) is 58.6 Å². The lowest BCUT2D eigenvalue weighted by Gasteiger charge is -2.30. The molecular formula is C15H18N2O3. The number of carbonyl (C=O) groups excluding carboxylic acids is 2. The number of carbonyl (C=O) groups is 2. The molecule has 2 amide bonds. The predicted octanol–water partition coefficient (Wildman–Crippen LogP) is 1.22. The molecule has 5 heteroatoms. The maximum atomic E-state index is 12.3. The van der Waals surface area contributed by atoms with Crippen molar-refractivity contribution in [3.63, 3.8) is 0 Å². The number of fused-ring (bicyclic) bond motifs is 2. The van der Waals surface area contributed by atoms with Crippen LogP contribution in [0.25, 0.3) is 0 Å². The number of nitrogens with one attached hydrogen (secondary N) is 1. The van der Waals surface area contributed by atoms with E-state index < -0.39 is 12.2 Å². The number of nitrogens with zero attached hydrogens (tertiary/aromatic N) is 1. The van der Waals surface area contributed by atoms with Crippen LogP contribution in [0.15, 0.2) is 24.3 Å². The molecule has 2 aliphatic rings. The maximum absolute atomic E-state index is 12.3. The van der Waals surface area contributed by atoms with Crippen LogP contribution in [0.2, 0.25) is 0 Å². The number of amides is 2. The number of hydrogen-bond donors (Lipinski definition) is 1. The highest BCUT2D eigenvalue weighted by Gasteiger charge is 2.47. The Morgan fingerprint density at radius 1 is 1.25 bits per heavy atom. The van der Waals surface area contributed by atoms with E-state index in [0.717, 1.165) is 18.7 Å². The smallest absolute Gasteiger partial charge is 0.262 e. The van der Waals surface area contributed by atoms with Gasteiger partial charge >= 0.3 is 0 Å². The van der Waals surface area contributed by atoms with E-state index in [2.05, 4.69) is 5.32 Å². The van der Waals surface area contributed by atoms with Gasteiger partial charge in [0.05, 0.1) is 5.69 Å². The second-order valence-electron chi connectivity index (χ2n) is 5.15. The Morgan fingerprint density at radius 2 is 1.95 bits per heavy atom. The fourth-order valence-electron chi connectivity index (χ4n) is 2.73. The van der Waals surface area contributed by atoms with Gasteiger partial charge in [0.1, 0.15) is 12.2 Å². The first-order valence-electron chi connectivity index (χ1n) is 7.03. The molecular weight excluding hydrogens is 256 g/mol. The summed E-state index contributed by atoms with van der Waals surface area (Å²) >= 11 is 0. The molecule has 2 heterocycles. The van der Waals surface area contributed by atoms with E-state index in [4.69, 9.17) is 4.74 Å². The number of imide groups is 1. The van der Waals surface area contributed by atoms with Crippen LogP contribution in [-0.4, -0.2) is 30.6 Å². The highest BCUT2D eigenvalue weighted by atomic mass is 16.5. The van der Waals surface area contributed by atoms with Gasteiger partial charge < -0.3 is 10.1 Å². The summed E-state index contributed by atoms with van der Waals surface area (Å²) < 4.78 is 5.42. The summed E-state index contributed by atoms with van der Waals surface area (Å²) in [7, 11) is 0. The Hall–Kier alpha value is -1.72. The number of morpholine rings is 1. The minimum absolute atomic E-state index is 0.232. The lowest BCUT2D eigenvalue weighted by molar-refractivity contribution is -0.146. The van der Waals surface area contributed by atoms with Crippen LogP contribution in [0, 0.1) is 0 Å². The van der Waals surface area contributed by atoms with Crippen molar-refractivity contribution in [3.05, 3.63) is 29.8 Å². The van der Waals surface area contributed by atoms with Crippen molar-refractivity contribution in [1.82, 2.24) is 5.32 Å². The van der Waals surface area contributed by atoms with Crippen LogP contribution in [0.3, 0.4) is 0 Å². The Kier molecular flexibility index (Phi) is 3.54. The van der Waals surface area contributed by atoms with Crippen LogP contribution < -0.4 is 10.2 Å². The lowest BCUT2D eigenvalue weighted by atomic mass is 10.1. The number of anilines is 1. The average Bonchev–Trinajstić information content (AvgIpc) is 2.91. The van der Waals surface area contributed by atoms with E-state index in [1.165, 1.54) is 4.90 Å². The fraction of sp³-hybridized carbons (Fsp3) is 0.467. The molecule has 2 saturated heterocycles. The third-order valence-electron chi connectivity index (χ3n) is 3.76. The zero-order valence-corrected chi connectivity index (χ0v) is 11.5. The molecule has 1 aromatic rings. The van der Waals surface area contributed by atoms with Gasteiger partial charge in [-0.2, -0.15) is 0 Å². The minimum atomic E-state index is -0.449. The van der Waals surface area contributed by atoms with Crippen molar-refractivity contribution >= 4 is 17.5 Å². The summed E-state index contributed by atoms with van der Waals surface area (Å²) in [5.41, 5.74) is 1.71. The van der Waals surface area contributed by atoms with E-state index in [-0.39, 0.29) is 11.8 Å². The molecule has 0 spiro atoms. The summed E-state index contributed by atoms with van der Waals surface area (Å²) in [4.78, 5) is 25.9. The van der Waals surface area contributed by atoms with Crippen LogP contribution in [0.1, 0.15) is 25.3 Å². The highest BCUT2D eigenvalue weighted by Crippen LogP contribution is 2.31. The maximum Gasteiger partial charge on any atom is 0.262 e. The standard InChI is InChI=1S/C15H18N2O3/c1-2-16-9-10-4-3-5-11(8-10)17-14(18)12-6-7-13(20-12)15(17)19/h3-5,8,12-13,16H,2,6-7,9H2,1H3. The number of benzene rings is 1. The molecule has 1 aromatic carbocycles. The summed E-state index contributed by atoms with van der Waals surface area (Å²) in [5.74, 6) is -0.464. The second-order valence-corrected chi connectivity index (χ2v) is 5.15. The van der Waals surface area contributed by atoms with E-state index in [0.29, 0.717) is 18.5 Å². The van der Waals surface area contributed by atoms with Gasteiger partial charge in [-0.05, 0) is 37.1 Å². The second kappa shape index (κ2) is 5.34. The highest BCUT2D eigenvalue weighted by molar-refractivity contribution is 6.19. The molecule has 2 atom stereocenters. The average molecular weight is 274 g/mol. The molecule has 0 radical (unpaired) electrons. The molecule has 1 N–H and O–H groups in total. The molecule has 0 aliphatic carbocycles. The van der Waals surface area contributed by atoms with Gasteiger partial charge in [-0.1, -0.05) is 19.1 Å². The van der Waals surface area contributed by atoms with Crippen LogP contribution in [0.5, 0.6) is 0 Å². The number of hydrogen-bond acceptors (Lipinski definition) is 4. The van der Waals surface area contributed by atoms with Crippen molar-refractivity contribution in [2.75, 3.05) is 11.4 Å². The van der Waals surface area contributed by atoms with Crippen LogP contribution >= 0.6 is 0 Å². The fourth-order valence-corrected chi connectivity index (χ4v) is 2.73. The van der Waals surface area contributed by atoms with E-state index >= 15 is 0 Å². The SMILES string of the molecule is CCNCc1cccc(N2C(=O)C3CCC(O3)C2=O)c1. The van der Waals surface area contributed by atoms with Crippen molar-refractivity contribution in [2.45, 2.75) is 38.5 Å². The van der Waals surface area contributed by atoms with Crippen molar-refractivity contribution < 1.29 is 14.3 Å². The zero-order chi connectivity index (χ0) is 14.1. The molecule has 2 aliphatic heterocycles. The van der Waals surface area contributed by atoms with E-state index in [1.54, 1.807) is 6.07 Å². The van der Waals surface area contributed by atoms with Gasteiger partial charge in [0.15, 0.2) is 0 Å². The molecule has 3 rings (SSSR count). The molecule has 2 bridgehead atoms. The minimum Gasteiger partial charge on any atom is -0.355 e. The summed E-state index contributed by atoms with van der Waals surface area (Å²) in [6, 6.07) is 7.55. The van der Waals surface area contributed by atoms with Crippen molar-refractivity contribution in [2.24, 2.45) is 0 Å². The third-order valence-corrected chi connectivity index (χ3v) is 3.76. The largest absolute Gasteiger partial charge is 0.355 e. The zero-order valence-electron chi connectivity index (χ0n) is 11.5. The third kappa shape index (κ3) is 2.23. The van der Waals surface area contributed by atoms with Crippen molar-refractivity contribution in [3.8, 4) is 0 Å². The normalized spacial score (nSPS) is 25.4. The van der Waals surface area contributed by atoms with Gasteiger partial charge in [0.2, 0.25) is 0 Å². The molecule has 0 aromatic heterocycles. The molecule has 5 nitrogen and oxygen atoms in total. The van der Waals surface area contributed by atoms with Crippen LogP contribution in [-0.2, 0) is 20.9 Å². The molecule has 2 fully saturated rings. The summed E-state index contributed by atoms with van der Waals surface area (Å²) in [6.45, 7) is 3.64. The van der Waals surface area contributed by atoms with Gasteiger partial charge in [-0.3, -0.25) is 9.59 Å². The number of ether oxygens (including phenoxy) is 1. The lowest BCUT2D eigenvalue weighted by Crippen LogP contribution is -2.52. The van der Waals surface area contributed by atoms with Gasteiger partial charge in [-0.25, -0.2) is 4.90 Å². The van der Waals surface area contributed by atoms with E-state index in [1.807, 2.05) is 25.1 Å².